The summed E-state index contributed by atoms with van der Waals surface area (Å²) in [6.07, 6.45) is 4.36. The van der Waals surface area contributed by atoms with Crippen LogP contribution in [0.1, 0.15) is 43.5 Å². The van der Waals surface area contributed by atoms with Gasteiger partial charge in [0, 0.05) is 42.3 Å². The Hall–Kier alpha value is -3.98. The first-order valence-electron chi connectivity index (χ1n) is 13.1. The lowest BCUT2D eigenvalue weighted by molar-refractivity contribution is -0.131. The number of nitrogens with zero attached hydrogens (tertiary/aromatic N) is 4. The van der Waals surface area contributed by atoms with Crippen molar-refractivity contribution >= 4 is 33.8 Å². The van der Waals surface area contributed by atoms with Crippen molar-refractivity contribution in [3.05, 3.63) is 64.6 Å². The molecular formula is C29H35N5O4. The fourth-order valence-corrected chi connectivity index (χ4v) is 4.86. The smallest absolute Gasteiger partial charge is 0.337 e. The average molecular weight is 518 g/mol. The van der Waals surface area contributed by atoms with Gasteiger partial charge in [0.15, 0.2) is 0 Å². The minimum absolute atomic E-state index is 0.0152. The van der Waals surface area contributed by atoms with Crippen LogP contribution in [0.4, 0.5) is 0 Å². The number of likely N-dealkylation sites (N-methyl/N-ethyl adjacent to an activating group) is 1. The Labute approximate surface area is 221 Å². The molecule has 0 fully saturated rings. The second kappa shape index (κ2) is 12.0. The molecule has 4 aromatic rings. The van der Waals surface area contributed by atoms with E-state index in [2.05, 4.69) is 0 Å². The number of carbonyl (C=O) groups is 2. The monoisotopic (exact) mass is 517 g/mol. The van der Waals surface area contributed by atoms with Crippen LogP contribution < -0.4 is 11.3 Å². The van der Waals surface area contributed by atoms with Gasteiger partial charge in [0.2, 0.25) is 5.91 Å². The van der Waals surface area contributed by atoms with Crippen molar-refractivity contribution in [3.8, 4) is 11.3 Å². The standard InChI is InChI=1S/C29H35N5O4/c1-4-32(5-2)26(35)19-33-18-22(21-11-7-8-12-24(21)33)27-28(36)34(16-10-6-9-15-30)25-17-20(29(37)38-3)13-14-23(25)31-27/h7-8,11-14,17-18H,4-6,9-10,15-16,19,30H2,1-3H3. The van der Waals surface area contributed by atoms with Gasteiger partial charge in [-0.15, -0.1) is 0 Å². The van der Waals surface area contributed by atoms with Crippen LogP contribution in [0.2, 0.25) is 0 Å². The third kappa shape index (κ3) is 5.33. The largest absolute Gasteiger partial charge is 0.465 e. The number of aryl methyl sites for hydroxylation is 1. The van der Waals surface area contributed by atoms with Gasteiger partial charge >= 0.3 is 5.97 Å². The second-order valence-electron chi connectivity index (χ2n) is 9.22. The number of para-hydroxylation sites is 1. The zero-order chi connectivity index (χ0) is 27.2. The quantitative estimate of drug-likeness (QED) is 0.239. The summed E-state index contributed by atoms with van der Waals surface area (Å²) in [7, 11) is 1.33. The number of benzene rings is 2. The van der Waals surface area contributed by atoms with Crippen LogP contribution in [-0.2, 0) is 22.6 Å². The summed E-state index contributed by atoms with van der Waals surface area (Å²) in [4.78, 5) is 45.6. The van der Waals surface area contributed by atoms with E-state index in [1.165, 1.54) is 7.11 Å². The summed E-state index contributed by atoms with van der Waals surface area (Å²) >= 11 is 0. The van der Waals surface area contributed by atoms with Crippen LogP contribution in [-0.4, -0.2) is 57.6 Å². The first kappa shape index (κ1) is 27.1. The predicted octanol–water partition coefficient (Wildman–Crippen LogP) is 3.80. The van der Waals surface area contributed by atoms with Gasteiger partial charge in [-0.2, -0.15) is 0 Å². The normalized spacial score (nSPS) is 11.3. The van der Waals surface area contributed by atoms with Crippen molar-refractivity contribution in [3.63, 3.8) is 0 Å². The van der Waals surface area contributed by atoms with E-state index in [1.54, 1.807) is 27.7 Å². The van der Waals surface area contributed by atoms with Crippen LogP contribution >= 0.6 is 0 Å². The van der Waals surface area contributed by atoms with Gasteiger partial charge in [-0.3, -0.25) is 9.59 Å². The molecule has 0 aliphatic rings. The fourth-order valence-electron chi connectivity index (χ4n) is 4.86. The van der Waals surface area contributed by atoms with Crippen molar-refractivity contribution in [2.45, 2.75) is 46.2 Å². The Morgan fingerprint density at radius 2 is 1.79 bits per heavy atom. The predicted molar refractivity (Wildman–Crippen MR) is 149 cm³/mol. The molecule has 9 nitrogen and oxygen atoms in total. The summed E-state index contributed by atoms with van der Waals surface area (Å²) in [5, 5.41) is 0.852. The molecule has 0 aliphatic carbocycles. The van der Waals surface area contributed by atoms with E-state index in [9.17, 15) is 14.4 Å². The topological polar surface area (TPSA) is 112 Å². The molecule has 2 N–H and O–H groups in total. The van der Waals surface area contributed by atoms with Crippen LogP contribution in [0.25, 0.3) is 33.2 Å². The average Bonchev–Trinajstić information content (AvgIpc) is 3.29. The minimum atomic E-state index is -0.473. The van der Waals surface area contributed by atoms with Gasteiger partial charge < -0.3 is 24.5 Å². The Balaban J connectivity index is 1.88. The van der Waals surface area contributed by atoms with Gasteiger partial charge in [0.25, 0.3) is 5.56 Å². The number of fused-ring (bicyclic) bond motifs is 2. The van der Waals surface area contributed by atoms with E-state index >= 15 is 0 Å². The molecule has 1 amide bonds. The molecule has 2 heterocycles. The molecule has 0 unspecified atom stereocenters. The highest BCUT2D eigenvalue weighted by molar-refractivity contribution is 5.97. The number of methoxy groups -OCH3 is 1. The zero-order valence-electron chi connectivity index (χ0n) is 22.3. The van der Waals surface area contributed by atoms with Gasteiger partial charge in [0.1, 0.15) is 12.2 Å². The van der Waals surface area contributed by atoms with E-state index in [4.69, 9.17) is 15.5 Å². The summed E-state index contributed by atoms with van der Waals surface area (Å²) in [6.45, 7) is 6.42. The van der Waals surface area contributed by atoms with Crippen molar-refractivity contribution < 1.29 is 14.3 Å². The zero-order valence-corrected chi connectivity index (χ0v) is 22.3. The molecule has 0 saturated carbocycles. The van der Waals surface area contributed by atoms with E-state index in [-0.39, 0.29) is 18.0 Å². The van der Waals surface area contributed by atoms with Crippen LogP contribution in [0.15, 0.2) is 53.5 Å². The molecule has 0 bridgehead atoms. The molecule has 0 aliphatic heterocycles. The maximum absolute atomic E-state index is 13.9. The third-order valence-electron chi connectivity index (χ3n) is 6.92. The second-order valence-corrected chi connectivity index (χ2v) is 9.22. The highest BCUT2D eigenvalue weighted by atomic mass is 16.5. The molecule has 38 heavy (non-hydrogen) atoms. The number of rotatable bonds is 11. The van der Waals surface area contributed by atoms with Crippen LogP contribution in [0, 0.1) is 0 Å². The highest BCUT2D eigenvalue weighted by Crippen LogP contribution is 2.29. The lowest BCUT2D eigenvalue weighted by atomic mass is 10.1. The van der Waals surface area contributed by atoms with Gasteiger partial charge in [0.05, 0.1) is 23.7 Å². The number of amides is 1. The minimum Gasteiger partial charge on any atom is -0.465 e. The summed E-state index contributed by atoms with van der Waals surface area (Å²) in [6, 6.07) is 12.8. The number of esters is 1. The number of unbranched alkanes of at least 4 members (excludes halogenated alkanes) is 2. The Kier molecular flexibility index (Phi) is 8.58. The highest BCUT2D eigenvalue weighted by Gasteiger charge is 2.20. The van der Waals surface area contributed by atoms with Gasteiger partial charge in [-0.05, 0) is 57.5 Å². The SMILES string of the molecule is CCN(CC)C(=O)Cn1cc(-c2nc3ccc(C(=O)OC)cc3n(CCCCCN)c2=O)c2ccccc21. The molecule has 2 aromatic carbocycles. The van der Waals surface area contributed by atoms with E-state index in [0.29, 0.717) is 54.0 Å². The van der Waals surface area contributed by atoms with Crippen molar-refractivity contribution in [1.29, 1.82) is 0 Å². The molecule has 0 saturated heterocycles. The van der Waals surface area contributed by atoms with Gasteiger partial charge in [-0.1, -0.05) is 24.6 Å². The first-order valence-corrected chi connectivity index (χ1v) is 13.1. The molecule has 0 radical (unpaired) electrons. The first-order chi connectivity index (χ1) is 18.4. The fraction of sp³-hybridized carbons (Fsp3) is 0.379. The molecule has 9 heteroatoms. The number of nitrogens with two attached hydrogens (primary N) is 1. The number of aromatic nitrogens is 3. The molecule has 0 atom stereocenters. The van der Waals surface area contributed by atoms with E-state index < -0.39 is 5.97 Å². The third-order valence-corrected chi connectivity index (χ3v) is 6.92. The Morgan fingerprint density at radius 3 is 2.50 bits per heavy atom. The number of carbonyl (C=O) groups excluding carboxylic acids is 2. The van der Waals surface area contributed by atoms with Crippen molar-refractivity contribution in [2.24, 2.45) is 5.73 Å². The maximum Gasteiger partial charge on any atom is 0.337 e. The van der Waals surface area contributed by atoms with Crippen molar-refractivity contribution in [2.75, 3.05) is 26.7 Å². The van der Waals surface area contributed by atoms with Crippen LogP contribution in [0.5, 0.6) is 0 Å². The molecule has 0 spiro atoms. The molecule has 200 valence electrons. The van der Waals surface area contributed by atoms with E-state index in [1.807, 2.05) is 48.9 Å². The number of hydrogen-bond acceptors (Lipinski definition) is 6. The Morgan fingerprint density at radius 1 is 1.03 bits per heavy atom. The number of ether oxygens (including phenoxy) is 1. The Bertz CT molecular complexity index is 1520. The lowest BCUT2D eigenvalue weighted by Gasteiger charge is -2.19. The van der Waals surface area contributed by atoms with E-state index in [0.717, 1.165) is 30.2 Å². The maximum atomic E-state index is 13.9. The summed E-state index contributed by atoms with van der Waals surface area (Å²) < 4.78 is 8.46. The molecule has 4 rings (SSSR count). The molecular weight excluding hydrogens is 482 g/mol. The summed E-state index contributed by atoms with van der Waals surface area (Å²) in [5.41, 5.74) is 8.80. The summed E-state index contributed by atoms with van der Waals surface area (Å²) in [5.74, 6) is -0.458. The van der Waals surface area contributed by atoms with Gasteiger partial charge in [-0.25, -0.2) is 9.78 Å². The number of hydrogen-bond donors (Lipinski definition) is 1. The van der Waals surface area contributed by atoms with Crippen molar-refractivity contribution in [1.82, 2.24) is 19.0 Å². The molecule has 2 aromatic heterocycles. The van der Waals surface area contributed by atoms with Crippen LogP contribution in [0.3, 0.4) is 0 Å². The lowest BCUT2D eigenvalue weighted by Crippen LogP contribution is -2.33.